The Balaban J connectivity index is 1.28. The molecule has 1 fully saturated rings. The Hall–Kier alpha value is -2.63. The molecule has 0 aliphatic carbocycles. The molecule has 1 saturated heterocycles. The van der Waals surface area contributed by atoms with Gasteiger partial charge in [0.1, 0.15) is 17.6 Å². The highest BCUT2D eigenvalue weighted by atomic mass is 79.9. The van der Waals surface area contributed by atoms with Crippen molar-refractivity contribution in [3.63, 3.8) is 0 Å². The highest BCUT2D eigenvalue weighted by molar-refractivity contribution is 9.10. The van der Waals surface area contributed by atoms with Gasteiger partial charge in [0.2, 0.25) is 21.8 Å². The number of carbonyl (C=O) groups excluding carboxylic acids is 2. The van der Waals surface area contributed by atoms with E-state index in [1.165, 1.54) is 4.31 Å². The Morgan fingerprint density at radius 1 is 1.16 bits per heavy atom. The van der Waals surface area contributed by atoms with Gasteiger partial charge in [-0.25, -0.2) is 8.42 Å². The number of hydrogen-bond acceptors (Lipinski definition) is 6. The van der Waals surface area contributed by atoms with Crippen molar-refractivity contribution in [3.8, 4) is 11.5 Å². The normalized spacial score (nSPS) is 21.4. The molecule has 11 heteroatoms. The molecule has 0 bridgehead atoms. The average molecular weight is 593 g/mol. The Labute approximate surface area is 225 Å². The van der Waals surface area contributed by atoms with Crippen LogP contribution in [0.4, 0.5) is 5.69 Å². The summed E-state index contributed by atoms with van der Waals surface area (Å²) in [6, 6.07) is 10.8. The molecule has 0 spiro atoms. The molecule has 2 amide bonds. The highest BCUT2D eigenvalue weighted by Crippen LogP contribution is 2.40. The van der Waals surface area contributed by atoms with Crippen LogP contribution in [0.2, 0.25) is 0 Å². The number of hydrogen-bond donors (Lipinski definition) is 1. The Kier molecular flexibility index (Phi) is 7.46. The molecule has 2 atom stereocenters. The van der Waals surface area contributed by atoms with Crippen molar-refractivity contribution < 1.29 is 27.5 Å². The lowest BCUT2D eigenvalue weighted by Gasteiger charge is -2.33. The van der Waals surface area contributed by atoms with Gasteiger partial charge in [0.25, 0.3) is 0 Å². The van der Waals surface area contributed by atoms with Gasteiger partial charge in [-0.05, 0) is 49.1 Å². The third-order valence-corrected chi connectivity index (χ3v) is 9.38. The maximum absolute atomic E-state index is 13.8. The highest BCUT2D eigenvalue weighted by Gasteiger charge is 2.38. The van der Waals surface area contributed by atoms with Crippen LogP contribution in [0.15, 0.2) is 45.8 Å². The van der Waals surface area contributed by atoms with Gasteiger partial charge in [0, 0.05) is 30.5 Å². The van der Waals surface area contributed by atoms with E-state index in [9.17, 15) is 18.0 Å². The van der Waals surface area contributed by atoms with Gasteiger partial charge in [-0.1, -0.05) is 35.0 Å². The molecule has 2 aromatic carbocycles. The fourth-order valence-electron chi connectivity index (χ4n) is 5.14. The number of para-hydroxylation sites is 2. The summed E-state index contributed by atoms with van der Waals surface area (Å²) in [5.74, 6) is 0.528. The molecule has 0 radical (unpaired) electrons. The minimum atomic E-state index is -3.93. The van der Waals surface area contributed by atoms with Crippen LogP contribution in [0, 0.1) is 5.92 Å². The number of fused-ring (bicyclic) bond motifs is 2. The van der Waals surface area contributed by atoms with Gasteiger partial charge < -0.3 is 19.7 Å². The van der Waals surface area contributed by atoms with Crippen LogP contribution in [0.25, 0.3) is 0 Å². The molecule has 9 nitrogen and oxygen atoms in total. The molecular formula is C26H30BrN3O6S. The summed E-state index contributed by atoms with van der Waals surface area (Å²) in [6.07, 6.45) is 1.74. The van der Waals surface area contributed by atoms with Crippen LogP contribution in [0.5, 0.6) is 11.5 Å². The van der Waals surface area contributed by atoms with Crippen LogP contribution >= 0.6 is 15.9 Å². The smallest absolute Gasteiger partial charge is 0.245 e. The number of nitrogens with zero attached hydrogens (tertiary/aromatic N) is 2. The minimum absolute atomic E-state index is 0.0854. The summed E-state index contributed by atoms with van der Waals surface area (Å²) in [5, 5.41) is 2.92. The zero-order chi connectivity index (χ0) is 26.2. The van der Waals surface area contributed by atoms with Crippen molar-refractivity contribution in [2.75, 3.05) is 37.7 Å². The van der Waals surface area contributed by atoms with Crippen LogP contribution in [0.3, 0.4) is 0 Å². The van der Waals surface area contributed by atoms with Crippen LogP contribution < -0.4 is 19.7 Å². The maximum Gasteiger partial charge on any atom is 0.245 e. The Bertz CT molecular complexity index is 1320. The van der Waals surface area contributed by atoms with E-state index >= 15 is 0 Å². The number of piperidine rings is 1. The second kappa shape index (κ2) is 10.6. The van der Waals surface area contributed by atoms with E-state index in [0.717, 1.165) is 5.56 Å². The van der Waals surface area contributed by atoms with Gasteiger partial charge in [0.15, 0.2) is 11.5 Å². The number of ether oxygens (including phenoxy) is 2. The Morgan fingerprint density at radius 2 is 1.95 bits per heavy atom. The van der Waals surface area contributed by atoms with Crippen molar-refractivity contribution in [1.82, 2.24) is 9.62 Å². The number of amides is 2. The summed E-state index contributed by atoms with van der Waals surface area (Å²) < 4.78 is 41.3. The second-order valence-electron chi connectivity index (χ2n) is 9.51. The molecule has 0 aromatic heterocycles. The van der Waals surface area contributed by atoms with Crippen molar-refractivity contribution in [2.45, 2.75) is 43.6 Å². The van der Waals surface area contributed by atoms with E-state index in [1.54, 1.807) is 17.9 Å². The minimum Gasteiger partial charge on any atom is -0.486 e. The summed E-state index contributed by atoms with van der Waals surface area (Å²) >= 11 is 3.44. The first kappa shape index (κ1) is 26.0. The van der Waals surface area contributed by atoms with Gasteiger partial charge in [-0.3, -0.25) is 9.59 Å². The lowest BCUT2D eigenvalue weighted by atomic mass is 9.99. The van der Waals surface area contributed by atoms with E-state index in [-0.39, 0.29) is 35.9 Å². The SMILES string of the molecule is CCC(=O)N1CCc2cc(Br)cc(S(=O)(=O)N3CCCC(C(=O)NCC4COc5ccccc5O4)C3)c21. The first-order valence-electron chi connectivity index (χ1n) is 12.6. The summed E-state index contributed by atoms with van der Waals surface area (Å²) in [5.41, 5.74) is 1.30. The number of nitrogens with one attached hydrogen (secondary N) is 1. The predicted octanol–water partition coefficient (Wildman–Crippen LogP) is 3.11. The number of rotatable bonds is 6. The largest absolute Gasteiger partial charge is 0.486 e. The third-order valence-electron chi connectivity index (χ3n) is 7.04. The molecule has 3 aliphatic rings. The summed E-state index contributed by atoms with van der Waals surface area (Å²) in [4.78, 5) is 27.3. The number of anilines is 1. The van der Waals surface area contributed by atoms with Crippen LogP contribution in [-0.4, -0.2) is 63.4 Å². The second-order valence-corrected chi connectivity index (χ2v) is 12.3. The molecule has 0 saturated carbocycles. The number of carbonyl (C=O) groups is 2. The van der Waals surface area contributed by atoms with E-state index in [1.807, 2.05) is 30.3 Å². The topological polar surface area (TPSA) is 105 Å². The van der Waals surface area contributed by atoms with E-state index < -0.39 is 15.9 Å². The zero-order valence-corrected chi connectivity index (χ0v) is 23.0. The molecule has 2 unspecified atom stereocenters. The summed E-state index contributed by atoms with van der Waals surface area (Å²) in [7, 11) is -3.93. The fourth-order valence-corrected chi connectivity index (χ4v) is 7.58. The standard InChI is InChI=1S/C26H30BrN3O6S/c1-2-24(31)30-11-9-17-12-19(27)13-23(25(17)30)37(33,34)29-10-5-6-18(15-29)26(32)28-14-20-16-35-21-7-3-4-8-22(21)36-20/h3-4,7-8,12-13,18,20H,2,5-6,9-11,14-16H2,1H3,(H,28,32). The molecular weight excluding hydrogens is 562 g/mol. The molecule has 2 aromatic rings. The third kappa shape index (κ3) is 5.21. The summed E-state index contributed by atoms with van der Waals surface area (Å²) in [6.45, 7) is 3.23. The monoisotopic (exact) mass is 591 g/mol. The molecule has 37 heavy (non-hydrogen) atoms. The lowest BCUT2D eigenvalue weighted by Crippen LogP contribution is -2.48. The van der Waals surface area contributed by atoms with Gasteiger partial charge >= 0.3 is 0 Å². The molecule has 198 valence electrons. The van der Waals surface area contributed by atoms with Crippen molar-refractivity contribution in [1.29, 1.82) is 0 Å². The zero-order valence-electron chi connectivity index (χ0n) is 20.6. The maximum atomic E-state index is 13.8. The van der Waals surface area contributed by atoms with Gasteiger partial charge in [-0.2, -0.15) is 4.31 Å². The van der Waals surface area contributed by atoms with Gasteiger partial charge in [-0.15, -0.1) is 0 Å². The number of benzene rings is 2. The van der Waals surface area contributed by atoms with Crippen molar-refractivity contribution in [2.24, 2.45) is 5.92 Å². The lowest BCUT2D eigenvalue weighted by molar-refractivity contribution is -0.126. The van der Waals surface area contributed by atoms with Crippen molar-refractivity contribution in [3.05, 3.63) is 46.4 Å². The van der Waals surface area contributed by atoms with Crippen LogP contribution in [0.1, 0.15) is 31.7 Å². The molecule has 3 heterocycles. The van der Waals surface area contributed by atoms with Crippen LogP contribution in [-0.2, 0) is 26.0 Å². The van der Waals surface area contributed by atoms with Crippen molar-refractivity contribution >= 4 is 43.5 Å². The van der Waals surface area contributed by atoms with E-state index in [0.29, 0.717) is 67.0 Å². The molecule has 1 N–H and O–H groups in total. The fraction of sp³-hybridized carbons (Fsp3) is 0.462. The molecule has 3 aliphatic heterocycles. The Morgan fingerprint density at radius 3 is 2.73 bits per heavy atom. The quantitative estimate of drug-likeness (QED) is 0.553. The first-order valence-corrected chi connectivity index (χ1v) is 14.8. The van der Waals surface area contributed by atoms with Gasteiger partial charge in [0.05, 0.1) is 18.2 Å². The van der Waals surface area contributed by atoms with E-state index in [4.69, 9.17) is 9.47 Å². The predicted molar refractivity (Wildman–Crippen MR) is 141 cm³/mol. The molecule has 5 rings (SSSR count). The first-order chi connectivity index (χ1) is 17.8. The number of sulfonamides is 1. The average Bonchev–Trinajstić information content (AvgIpc) is 3.34. The number of halogens is 1. The van der Waals surface area contributed by atoms with E-state index in [2.05, 4.69) is 21.2 Å².